The molecule has 1 heterocycles. The van der Waals surface area contributed by atoms with E-state index in [4.69, 9.17) is 0 Å². The average Bonchev–Trinajstić information content (AvgIpc) is 2.77. The summed E-state index contributed by atoms with van der Waals surface area (Å²) in [7, 11) is 0. The minimum Gasteiger partial charge on any atom is -0.334 e. The van der Waals surface area contributed by atoms with Crippen molar-refractivity contribution in [3.05, 3.63) is 105 Å². The molecule has 2 aromatic carbocycles. The predicted molar refractivity (Wildman–Crippen MR) is 112 cm³/mol. The van der Waals surface area contributed by atoms with Gasteiger partial charge in [-0.2, -0.15) is 0 Å². The quantitative estimate of drug-likeness (QED) is 0.422. The number of nitro groups is 1. The highest BCUT2D eigenvalue weighted by atomic mass is 16.6. The van der Waals surface area contributed by atoms with Gasteiger partial charge in [-0.05, 0) is 36.2 Å². The maximum atomic E-state index is 13.2. The van der Waals surface area contributed by atoms with Crippen LogP contribution in [0.3, 0.4) is 0 Å². The zero-order valence-electron chi connectivity index (χ0n) is 16.3. The van der Waals surface area contributed by atoms with Crippen LogP contribution in [-0.4, -0.2) is 27.3 Å². The second-order valence-corrected chi connectivity index (χ2v) is 6.73. The zero-order chi connectivity index (χ0) is 20.6. The summed E-state index contributed by atoms with van der Waals surface area (Å²) in [4.78, 5) is 30.1. The first-order chi connectivity index (χ1) is 14.1. The summed E-state index contributed by atoms with van der Waals surface area (Å²) in [6.45, 7) is 2.64. The van der Waals surface area contributed by atoms with Crippen LogP contribution in [0.5, 0.6) is 0 Å². The van der Waals surface area contributed by atoms with Crippen molar-refractivity contribution >= 4 is 11.6 Å². The number of aromatic nitrogens is 1. The lowest BCUT2D eigenvalue weighted by Crippen LogP contribution is -2.33. The van der Waals surface area contributed by atoms with E-state index in [9.17, 15) is 14.9 Å². The van der Waals surface area contributed by atoms with Crippen LogP contribution in [0.2, 0.25) is 0 Å². The standard InChI is InChI=1S/C23H23N3O3/c1-2-18-10-12-19(13-11-18)23(27)25(16-14-21-8-5-6-15-24-21)17-20-7-3-4-9-22(20)26(28)29/h3-13,15H,2,14,16-17H2,1H3. The van der Waals surface area contributed by atoms with Crippen molar-refractivity contribution in [1.82, 2.24) is 9.88 Å². The molecule has 3 aromatic rings. The molecule has 0 atom stereocenters. The van der Waals surface area contributed by atoms with Gasteiger partial charge in [0.05, 0.1) is 11.5 Å². The number of benzene rings is 2. The Bertz CT molecular complexity index is 972. The first-order valence-electron chi connectivity index (χ1n) is 9.59. The van der Waals surface area contributed by atoms with Crippen LogP contribution >= 0.6 is 0 Å². The summed E-state index contributed by atoms with van der Waals surface area (Å²) in [5, 5.41) is 11.4. The molecule has 0 saturated carbocycles. The number of para-hydroxylation sites is 1. The third kappa shape index (κ3) is 5.25. The Morgan fingerprint density at radius 2 is 1.76 bits per heavy atom. The highest BCUT2D eigenvalue weighted by Crippen LogP contribution is 2.21. The Balaban J connectivity index is 1.86. The normalized spacial score (nSPS) is 10.5. The van der Waals surface area contributed by atoms with Gasteiger partial charge in [0.25, 0.3) is 11.6 Å². The molecule has 0 bridgehead atoms. The van der Waals surface area contributed by atoms with Gasteiger partial charge in [-0.3, -0.25) is 19.9 Å². The molecule has 148 valence electrons. The number of aryl methyl sites for hydroxylation is 1. The molecule has 3 rings (SSSR count). The average molecular weight is 389 g/mol. The van der Waals surface area contributed by atoms with Crippen molar-refractivity contribution in [3.63, 3.8) is 0 Å². The van der Waals surface area contributed by atoms with Crippen molar-refractivity contribution < 1.29 is 9.72 Å². The predicted octanol–water partition coefficient (Wildman–Crippen LogP) is 4.44. The van der Waals surface area contributed by atoms with Crippen LogP contribution in [0.4, 0.5) is 5.69 Å². The van der Waals surface area contributed by atoms with E-state index >= 15 is 0 Å². The van der Waals surface area contributed by atoms with Crippen LogP contribution in [0, 0.1) is 10.1 Å². The Labute approximate surface area is 170 Å². The fourth-order valence-electron chi connectivity index (χ4n) is 3.14. The molecule has 0 unspecified atom stereocenters. The van der Waals surface area contributed by atoms with Gasteiger partial charge in [0.2, 0.25) is 0 Å². The van der Waals surface area contributed by atoms with Crippen LogP contribution in [0.25, 0.3) is 0 Å². The van der Waals surface area contributed by atoms with Gasteiger partial charge in [-0.15, -0.1) is 0 Å². The number of hydrogen-bond acceptors (Lipinski definition) is 4. The molecule has 6 heteroatoms. The smallest absolute Gasteiger partial charge is 0.274 e. The number of carbonyl (C=O) groups excluding carboxylic acids is 1. The zero-order valence-corrected chi connectivity index (χ0v) is 16.3. The maximum absolute atomic E-state index is 13.2. The monoisotopic (exact) mass is 389 g/mol. The molecule has 0 N–H and O–H groups in total. The summed E-state index contributed by atoms with van der Waals surface area (Å²) in [5.41, 5.74) is 3.12. The number of nitro benzene ring substituents is 1. The Morgan fingerprint density at radius 1 is 1.03 bits per heavy atom. The lowest BCUT2D eigenvalue weighted by Gasteiger charge is -2.23. The second kappa shape index (κ2) is 9.59. The molecule has 6 nitrogen and oxygen atoms in total. The number of hydrogen-bond donors (Lipinski definition) is 0. The largest absolute Gasteiger partial charge is 0.334 e. The minimum absolute atomic E-state index is 0.0180. The lowest BCUT2D eigenvalue weighted by molar-refractivity contribution is -0.385. The molecule has 1 aromatic heterocycles. The number of pyridine rings is 1. The molecule has 0 spiro atoms. The fourth-order valence-corrected chi connectivity index (χ4v) is 3.14. The van der Waals surface area contributed by atoms with Crippen LogP contribution in [0.1, 0.15) is 34.1 Å². The SMILES string of the molecule is CCc1ccc(C(=O)N(CCc2ccccn2)Cc2ccccc2[N+](=O)[O-])cc1. The van der Waals surface area contributed by atoms with E-state index in [1.807, 2.05) is 42.5 Å². The molecule has 0 fully saturated rings. The third-order valence-electron chi connectivity index (χ3n) is 4.81. The van der Waals surface area contributed by atoms with Gasteiger partial charge in [0.1, 0.15) is 0 Å². The van der Waals surface area contributed by atoms with E-state index in [0.717, 1.165) is 17.7 Å². The fraction of sp³-hybridized carbons (Fsp3) is 0.217. The van der Waals surface area contributed by atoms with E-state index in [1.54, 1.807) is 29.3 Å². The summed E-state index contributed by atoms with van der Waals surface area (Å²) >= 11 is 0. The molecule has 1 amide bonds. The van der Waals surface area contributed by atoms with Gasteiger partial charge < -0.3 is 4.90 Å². The van der Waals surface area contributed by atoms with Crippen molar-refractivity contribution in [2.45, 2.75) is 26.3 Å². The molecule has 29 heavy (non-hydrogen) atoms. The van der Waals surface area contributed by atoms with E-state index < -0.39 is 4.92 Å². The Kier molecular flexibility index (Phi) is 6.68. The number of nitrogens with zero attached hydrogens (tertiary/aromatic N) is 3. The first kappa shape index (κ1) is 20.2. The summed E-state index contributed by atoms with van der Waals surface area (Å²) in [6.07, 6.45) is 3.18. The van der Waals surface area contributed by atoms with Crippen molar-refractivity contribution in [2.24, 2.45) is 0 Å². The molecule has 0 aliphatic heterocycles. The number of rotatable bonds is 8. The molecular weight excluding hydrogens is 366 g/mol. The highest BCUT2D eigenvalue weighted by molar-refractivity contribution is 5.94. The molecule has 0 saturated heterocycles. The van der Waals surface area contributed by atoms with Gasteiger partial charge in [-0.25, -0.2) is 0 Å². The number of amides is 1. The maximum Gasteiger partial charge on any atom is 0.274 e. The highest BCUT2D eigenvalue weighted by Gasteiger charge is 2.21. The van der Waals surface area contributed by atoms with Crippen molar-refractivity contribution in [1.29, 1.82) is 0 Å². The third-order valence-corrected chi connectivity index (χ3v) is 4.81. The molecule has 0 radical (unpaired) electrons. The molecule has 0 aliphatic carbocycles. The van der Waals surface area contributed by atoms with E-state index in [-0.39, 0.29) is 18.1 Å². The topological polar surface area (TPSA) is 76.3 Å². The molecular formula is C23H23N3O3. The van der Waals surface area contributed by atoms with Crippen molar-refractivity contribution in [3.8, 4) is 0 Å². The van der Waals surface area contributed by atoms with Gasteiger partial charge in [0.15, 0.2) is 0 Å². The van der Waals surface area contributed by atoms with Gasteiger partial charge in [0, 0.05) is 42.0 Å². The lowest BCUT2D eigenvalue weighted by atomic mass is 10.1. The first-order valence-corrected chi connectivity index (χ1v) is 9.59. The van der Waals surface area contributed by atoms with E-state index in [1.165, 1.54) is 6.07 Å². The van der Waals surface area contributed by atoms with E-state index in [2.05, 4.69) is 11.9 Å². The van der Waals surface area contributed by atoms with Crippen LogP contribution in [0.15, 0.2) is 72.9 Å². The molecule has 0 aliphatic rings. The second-order valence-electron chi connectivity index (χ2n) is 6.73. The summed E-state index contributed by atoms with van der Waals surface area (Å²) < 4.78 is 0. The van der Waals surface area contributed by atoms with Crippen LogP contribution < -0.4 is 0 Å². The van der Waals surface area contributed by atoms with Crippen molar-refractivity contribution in [2.75, 3.05) is 6.54 Å². The Morgan fingerprint density at radius 3 is 2.41 bits per heavy atom. The summed E-state index contributed by atoms with van der Waals surface area (Å²) in [5.74, 6) is -0.151. The Hall–Kier alpha value is -3.54. The van der Waals surface area contributed by atoms with Crippen LogP contribution in [-0.2, 0) is 19.4 Å². The minimum atomic E-state index is -0.410. The van der Waals surface area contributed by atoms with Gasteiger partial charge >= 0.3 is 0 Å². The summed E-state index contributed by atoms with van der Waals surface area (Å²) in [6, 6.07) is 19.7. The van der Waals surface area contributed by atoms with Gasteiger partial charge in [-0.1, -0.05) is 43.3 Å². The van der Waals surface area contributed by atoms with E-state index in [0.29, 0.717) is 24.1 Å². The number of carbonyl (C=O) groups is 1.